The standard InChI is InChI=1S/C25H51NO3/c1-5-7-8-9-10-11-12-13-14-15-16-17-18-19-21-23(27)22-26(3,4)24(20-6-2)25(28)29/h23-24,27H,5-22H2,1-4H3/p+1. The minimum absolute atomic E-state index is 0.364. The number of aliphatic hydroxyl groups excluding tert-OH is 1. The maximum atomic E-state index is 11.5. The Morgan fingerprint density at radius 2 is 1.10 bits per heavy atom. The highest BCUT2D eigenvalue weighted by atomic mass is 16.4. The highest BCUT2D eigenvalue weighted by Crippen LogP contribution is 2.17. The molecule has 0 aliphatic carbocycles. The second-order valence-corrected chi connectivity index (χ2v) is 9.64. The Morgan fingerprint density at radius 3 is 1.48 bits per heavy atom. The van der Waals surface area contributed by atoms with Crippen LogP contribution in [-0.2, 0) is 4.79 Å². The van der Waals surface area contributed by atoms with Crippen molar-refractivity contribution < 1.29 is 19.5 Å². The van der Waals surface area contributed by atoms with E-state index < -0.39 is 18.1 Å². The Balaban J connectivity index is 3.62. The molecule has 0 fully saturated rings. The van der Waals surface area contributed by atoms with E-state index in [0.29, 0.717) is 17.4 Å². The first-order valence-corrected chi connectivity index (χ1v) is 12.6. The van der Waals surface area contributed by atoms with Crippen molar-refractivity contribution in [2.75, 3.05) is 20.6 Å². The monoisotopic (exact) mass is 414 g/mol. The van der Waals surface area contributed by atoms with Crippen molar-refractivity contribution in [1.29, 1.82) is 0 Å². The van der Waals surface area contributed by atoms with Crippen LogP contribution in [0.5, 0.6) is 0 Å². The highest BCUT2D eigenvalue weighted by molar-refractivity contribution is 5.72. The molecule has 4 heteroatoms. The van der Waals surface area contributed by atoms with Gasteiger partial charge in [0.2, 0.25) is 0 Å². The highest BCUT2D eigenvalue weighted by Gasteiger charge is 2.35. The summed E-state index contributed by atoms with van der Waals surface area (Å²) < 4.78 is 0.364. The summed E-state index contributed by atoms with van der Waals surface area (Å²) in [6.07, 6.45) is 20.6. The molecular formula is C25H52NO3+. The van der Waals surface area contributed by atoms with Crippen molar-refractivity contribution in [2.45, 2.75) is 135 Å². The average molecular weight is 415 g/mol. The van der Waals surface area contributed by atoms with Crippen molar-refractivity contribution in [3.05, 3.63) is 0 Å². The lowest BCUT2D eigenvalue weighted by molar-refractivity contribution is -0.909. The first-order valence-electron chi connectivity index (χ1n) is 12.6. The van der Waals surface area contributed by atoms with Crippen LogP contribution in [0.25, 0.3) is 0 Å². The number of hydrogen-bond acceptors (Lipinski definition) is 2. The van der Waals surface area contributed by atoms with E-state index in [1.54, 1.807) is 0 Å². The van der Waals surface area contributed by atoms with Gasteiger partial charge in [0, 0.05) is 6.42 Å². The number of carboxylic acid groups (broad SMARTS) is 1. The van der Waals surface area contributed by atoms with Crippen molar-refractivity contribution in [3.8, 4) is 0 Å². The lowest BCUT2D eigenvalue weighted by atomic mass is 10.0. The fraction of sp³-hybridized carbons (Fsp3) is 0.960. The van der Waals surface area contributed by atoms with E-state index >= 15 is 0 Å². The summed E-state index contributed by atoms with van der Waals surface area (Å²) >= 11 is 0. The maximum absolute atomic E-state index is 11.5. The topological polar surface area (TPSA) is 57.5 Å². The van der Waals surface area contributed by atoms with Crippen molar-refractivity contribution in [2.24, 2.45) is 0 Å². The van der Waals surface area contributed by atoms with Gasteiger partial charge in [-0.25, -0.2) is 4.79 Å². The Hall–Kier alpha value is -0.610. The summed E-state index contributed by atoms with van der Waals surface area (Å²) in [5, 5.41) is 19.8. The largest absolute Gasteiger partial charge is 0.477 e. The average Bonchev–Trinajstić information content (AvgIpc) is 2.65. The number of nitrogens with zero attached hydrogens (tertiary/aromatic N) is 1. The lowest BCUT2D eigenvalue weighted by Crippen LogP contribution is -2.56. The number of hydrogen-bond donors (Lipinski definition) is 2. The van der Waals surface area contributed by atoms with Crippen LogP contribution < -0.4 is 0 Å². The Bertz CT molecular complexity index is 384. The molecule has 0 spiro atoms. The molecule has 0 bridgehead atoms. The molecular weight excluding hydrogens is 362 g/mol. The summed E-state index contributed by atoms with van der Waals surface area (Å²) in [6, 6.07) is -0.425. The molecule has 2 unspecified atom stereocenters. The van der Waals surface area contributed by atoms with Gasteiger partial charge in [0.1, 0.15) is 12.6 Å². The molecule has 4 nitrogen and oxygen atoms in total. The van der Waals surface area contributed by atoms with Crippen molar-refractivity contribution >= 4 is 5.97 Å². The van der Waals surface area contributed by atoms with Gasteiger partial charge >= 0.3 is 5.97 Å². The number of quaternary nitrogens is 1. The van der Waals surface area contributed by atoms with Crippen LogP contribution in [0.4, 0.5) is 0 Å². The number of aliphatic carboxylic acids is 1. The summed E-state index contributed by atoms with van der Waals surface area (Å²) in [6.45, 7) is 4.81. The molecule has 2 atom stereocenters. The van der Waals surface area contributed by atoms with Crippen LogP contribution in [0.3, 0.4) is 0 Å². The van der Waals surface area contributed by atoms with E-state index in [1.165, 1.54) is 83.5 Å². The fourth-order valence-electron chi connectivity index (χ4n) is 4.38. The predicted molar refractivity (Wildman–Crippen MR) is 124 cm³/mol. The second-order valence-electron chi connectivity index (χ2n) is 9.64. The normalized spacial score (nSPS) is 14.1. The number of carbonyl (C=O) groups is 1. The van der Waals surface area contributed by atoms with Gasteiger partial charge < -0.3 is 14.7 Å². The molecule has 0 aliphatic heterocycles. The zero-order valence-electron chi connectivity index (χ0n) is 20.1. The Kier molecular flexibility index (Phi) is 17.8. The van der Waals surface area contributed by atoms with Crippen LogP contribution in [0, 0.1) is 0 Å². The lowest BCUT2D eigenvalue weighted by Gasteiger charge is -2.37. The third-order valence-electron chi connectivity index (χ3n) is 6.26. The third kappa shape index (κ3) is 15.8. The van der Waals surface area contributed by atoms with Gasteiger partial charge in [-0.3, -0.25) is 0 Å². The molecule has 0 aromatic rings. The smallest absolute Gasteiger partial charge is 0.362 e. The molecule has 0 amide bonds. The van der Waals surface area contributed by atoms with E-state index in [4.69, 9.17) is 0 Å². The number of carboxylic acids is 1. The Labute approximate surface area is 181 Å². The van der Waals surface area contributed by atoms with E-state index in [2.05, 4.69) is 6.92 Å². The summed E-state index contributed by atoms with van der Waals surface area (Å²) in [5.41, 5.74) is 0. The fourth-order valence-corrected chi connectivity index (χ4v) is 4.38. The Morgan fingerprint density at radius 1 is 0.690 bits per heavy atom. The molecule has 174 valence electrons. The third-order valence-corrected chi connectivity index (χ3v) is 6.26. The predicted octanol–water partition coefficient (Wildman–Crippen LogP) is 6.55. The van der Waals surface area contributed by atoms with Gasteiger partial charge in [-0.1, -0.05) is 104 Å². The summed E-state index contributed by atoms with van der Waals surface area (Å²) in [7, 11) is 3.87. The van der Waals surface area contributed by atoms with Crippen molar-refractivity contribution in [1.82, 2.24) is 0 Å². The molecule has 0 aromatic carbocycles. The number of rotatable bonds is 21. The molecule has 29 heavy (non-hydrogen) atoms. The van der Waals surface area contributed by atoms with E-state index in [1.807, 2.05) is 21.0 Å². The summed E-state index contributed by atoms with van der Waals surface area (Å²) in [5.74, 6) is -0.749. The van der Waals surface area contributed by atoms with Gasteiger partial charge in [-0.05, 0) is 12.8 Å². The van der Waals surface area contributed by atoms with E-state index in [9.17, 15) is 15.0 Å². The first kappa shape index (κ1) is 28.4. The van der Waals surface area contributed by atoms with Crippen LogP contribution in [0.15, 0.2) is 0 Å². The molecule has 0 aromatic heterocycles. The molecule has 0 heterocycles. The minimum atomic E-state index is -0.749. The number of likely N-dealkylation sites (N-methyl/N-ethyl adjacent to an activating group) is 1. The maximum Gasteiger partial charge on any atom is 0.362 e. The molecule has 0 aliphatic rings. The first-order chi connectivity index (χ1) is 13.8. The number of unbranched alkanes of at least 4 members (excludes halogenated alkanes) is 13. The molecule has 0 rings (SSSR count). The van der Waals surface area contributed by atoms with Gasteiger partial charge in [0.25, 0.3) is 0 Å². The number of aliphatic hydroxyl groups is 1. The zero-order valence-corrected chi connectivity index (χ0v) is 20.1. The van der Waals surface area contributed by atoms with E-state index in [-0.39, 0.29) is 0 Å². The van der Waals surface area contributed by atoms with Gasteiger partial charge in [0.05, 0.1) is 14.1 Å². The zero-order chi connectivity index (χ0) is 22.0. The SMILES string of the molecule is CCCCCCCCCCCCCCCCC(O)C[N+](C)(C)C(CCC)C(=O)O. The van der Waals surface area contributed by atoms with Crippen molar-refractivity contribution in [3.63, 3.8) is 0 Å². The van der Waals surface area contributed by atoms with Gasteiger partial charge in [-0.2, -0.15) is 0 Å². The van der Waals surface area contributed by atoms with Gasteiger partial charge in [0.15, 0.2) is 6.04 Å². The van der Waals surface area contributed by atoms with Crippen LogP contribution in [-0.4, -0.2) is 53.5 Å². The molecule has 0 radical (unpaired) electrons. The minimum Gasteiger partial charge on any atom is -0.477 e. The molecule has 0 saturated heterocycles. The van der Waals surface area contributed by atoms with Gasteiger partial charge in [-0.15, -0.1) is 0 Å². The van der Waals surface area contributed by atoms with Crippen LogP contribution >= 0.6 is 0 Å². The molecule has 2 N–H and O–H groups in total. The molecule has 0 saturated carbocycles. The second kappa shape index (κ2) is 18.2. The summed E-state index contributed by atoms with van der Waals surface area (Å²) in [4.78, 5) is 11.5. The van der Waals surface area contributed by atoms with E-state index in [0.717, 1.165) is 19.3 Å². The van der Waals surface area contributed by atoms with Crippen LogP contribution in [0.1, 0.15) is 123 Å². The quantitative estimate of drug-likeness (QED) is 0.165. The van der Waals surface area contributed by atoms with Crippen LogP contribution in [0.2, 0.25) is 0 Å².